The molecular formula is C38H27BrClFN4O7. The second-order valence-corrected chi connectivity index (χ2v) is 14.7. The van der Waals surface area contributed by atoms with Crippen LogP contribution in [0.2, 0.25) is 5.02 Å². The number of aromatic hydroxyl groups is 1. The zero-order valence-electron chi connectivity index (χ0n) is 26.9. The SMILES string of the molecule is O=C1C2CC3C(=CCC4C(=O)N(c5cccc([N+](=O)[O-])c5)C(=O)C43)C(c3cc(Br)ccc3O)C2(c2ccc(Cl)cc2)C(=O)N1Nc1ccc(F)cc1. The highest BCUT2D eigenvalue weighted by atomic mass is 79.9. The number of halogens is 3. The Kier molecular flexibility index (Phi) is 8.03. The van der Waals surface area contributed by atoms with Crippen LogP contribution in [0.3, 0.4) is 0 Å². The number of hydrogen-bond donors (Lipinski definition) is 2. The Morgan fingerprint density at radius 3 is 2.37 bits per heavy atom. The van der Waals surface area contributed by atoms with Gasteiger partial charge in [-0.15, -0.1) is 0 Å². The highest BCUT2D eigenvalue weighted by molar-refractivity contribution is 9.10. The van der Waals surface area contributed by atoms with Gasteiger partial charge in [0.1, 0.15) is 11.6 Å². The van der Waals surface area contributed by atoms with Crippen LogP contribution in [-0.2, 0) is 24.6 Å². The van der Waals surface area contributed by atoms with Crippen molar-refractivity contribution in [2.24, 2.45) is 23.7 Å². The van der Waals surface area contributed by atoms with Crippen LogP contribution in [-0.4, -0.2) is 38.7 Å². The lowest BCUT2D eigenvalue weighted by Crippen LogP contribution is -2.53. The number of anilines is 2. The van der Waals surface area contributed by atoms with Crippen molar-refractivity contribution in [1.82, 2.24) is 5.01 Å². The first-order chi connectivity index (χ1) is 24.9. The molecule has 2 aliphatic heterocycles. The van der Waals surface area contributed by atoms with Crippen LogP contribution >= 0.6 is 27.5 Å². The summed E-state index contributed by atoms with van der Waals surface area (Å²) in [6.07, 6.45) is 1.92. The molecule has 6 atom stereocenters. The van der Waals surface area contributed by atoms with E-state index in [0.29, 0.717) is 26.2 Å². The van der Waals surface area contributed by atoms with E-state index in [9.17, 15) is 34.0 Å². The molecule has 0 bridgehead atoms. The van der Waals surface area contributed by atoms with Crippen LogP contribution in [0.4, 0.5) is 21.5 Å². The molecule has 6 unspecified atom stereocenters. The number of fused-ring (bicyclic) bond motifs is 4. The Morgan fingerprint density at radius 1 is 0.923 bits per heavy atom. The molecule has 4 aromatic carbocycles. The minimum Gasteiger partial charge on any atom is -0.508 e. The summed E-state index contributed by atoms with van der Waals surface area (Å²) in [5.74, 6) is -7.66. The van der Waals surface area contributed by atoms with E-state index in [-0.39, 0.29) is 35.7 Å². The number of non-ortho nitro benzene ring substituents is 1. The van der Waals surface area contributed by atoms with Gasteiger partial charge in [-0.1, -0.05) is 57.4 Å². The maximum Gasteiger partial charge on any atom is 0.271 e. The molecule has 2 N–H and O–H groups in total. The summed E-state index contributed by atoms with van der Waals surface area (Å²) >= 11 is 9.82. The number of benzene rings is 4. The molecular weight excluding hydrogens is 759 g/mol. The van der Waals surface area contributed by atoms with Gasteiger partial charge in [0.2, 0.25) is 11.8 Å². The molecule has 2 heterocycles. The first kappa shape index (κ1) is 33.7. The van der Waals surface area contributed by atoms with Crippen LogP contribution in [0, 0.1) is 39.6 Å². The number of allylic oxidation sites excluding steroid dienone is 2. The average molecular weight is 786 g/mol. The van der Waals surface area contributed by atoms with Crippen molar-refractivity contribution < 1.29 is 33.6 Å². The lowest BCUT2D eigenvalue weighted by atomic mass is 9.49. The number of carbonyl (C=O) groups is 4. The number of imide groups is 2. The third kappa shape index (κ3) is 4.97. The lowest BCUT2D eigenvalue weighted by molar-refractivity contribution is -0.384. The van der Waals surface area contributed by atoms with Gasteiger partial charge in [0, 0.05) is 33.1 Å². The number of phenols is 1. The van der Waals surface area contributed by atoms with E-state index < -0.39 is 69.4 Å². The van der Waals surface area contributed by atoms with Gasteiger partial charge >= 0.3 is 0 Å². The van der Waals surface area contributed by atoms with E-state index in [2.05, 4.69) is 21.4 Å². The number of phenolic OH excluding ortho intramolecular Hbond substituents is 1. The molecule has 262 valence electrons. The Labute approximate surface area is 308 Å². The van der Waals surface area contributed by atoms with E-state index in [1.54, 1.807) is 36.4 Å². The monoisotopic (exact) mass is 784 g/mol. The summed E-state index contributed by atoms with van der Waals surface area (Å²) in [4.78, 5) is 70.3. The lowest BCUT2D eigenvalue weighted by Gasteiger charge is -2.50. The number of hydrogen-bond acceptors (Lipinski definition) is 8. The number of nitro groups is 1. The highest BCUT2D eigenvalue weighted by Crippen LogP contribution is 2.65. The molecule has 11 nitrogen and oxygen atoms in total. The molecule has 8 rings (SSSR count). The van der Waals surface area contributed by atoms with Crippen molar-refractivity contribution >= 4 is 68.2 Å². The Hall–Kier alpha value is -5.40. The van der Waals surface area contributed by atoms with E-state index in [0.717, 1.165) is 9.91 Å². The van der Waals surface area contributed by atoms with Crippen molar-refractivity contribution in [2.45, 2.75) is 24.2 Å². The minimum atomic E-state index is -1.67. The largest absolute Gasteiger partial charge is 0.508 e. The van der Waals surface area contributed by atoms with Crippen molar-refractivity contribution in [2.75, 3.05) is 10.3 Å². The number of rotatable bonds is 6. The van der Waals surface area contributed by atoms with Crippen LogP contribution in [0.15, 0.2) is 107 Å². The Balaban J connectivity index is 1.32. The number of amides is 4. The van der Waals surface area contributed by atoms with Crippen LogP contribution in [0.5, 0.6) is 5.75 Å². The smallest absolute Gasteiger partial charge is 0.271 e. The van der Waals surface area contributed by atoms with Gasteiger partial charge in [-0.3, -0.25) is 34.7 Å². The maximum absolute atomic E-state index is 15.2. The van der Waals surface area contributed by atoms with Crippen LogP contribution in [0.25, 0.3) is 0 Å². The Bertz CT molecular complexity index is 2250. The highest BCUT2D eigenvalue weighted by Gasteiger charge is 2.70. The predicted molar refractivity (Wildman–Crippen MR) is 190 cm³/mol. The van der Waals surface area contributed by atoms with Crippen molar-refractivity contribution in [3.63, 3.8) is 0 Å². The number of carbonyl (C=O) groups excluding carboxylic acids is 4. The summed E-state index contributed by atoms with van der Waals surface area (Å²) in [6, 6.07) is 21.8. The van der Waals surface area contributed by atoms with Gasteiger partial charge in [0.15, 0.2) is 0 Å². The topological polar surface area (TPSA) is 150 Å². The standard InChI is InChI=1S/C38H27BrClFN4O7/c39-20-6-15-31(46)29(16-20)33-26-13-14-27-32(36(49)43(34(27)47)24-2-1-3-25(17-24)45(51)52)28(26)18-30-35(48)44(42-23-11-9-22(41)10-12-23)37(50)38(30,33)19-4-7-21(40)8-5-19/h1-13,15-17,27-28,30,32-33,42,46H,14,18H2. The number of nitrogens with zero attached hydrogens (tertiary/aromatic N) is 3. The molecule has 0 spiro atoms. The Morgan fingerprint density at radius 2 is 1.65 bits per heavy atom. The van der Waals surface area contributed by atoms with Gasteiger partial charge in [-0.25, -0.2) is 9.29 Å². The quantitative estimate of drug-likeness (QED) is 0.0915. The predicted octanol–water partition coefficient (Wildman–Crippen LogP) is 7.04. The van der Waals surface area contributed by atoms with Crippen molar-refractivity contribution in [3.8, 4) is 5.75 Å². The first-order valence-corrected chi connectivity index (χ1v) is 17.6. The fourth-order valence-corrected chi connectivity index (χ4v) is 9.26. The average Bonchev–Trinajstić information content (AvgIpc) is 3.51. The molecule has 3 fully saturated rings. The molecule has 4 aromatic rings. The van der Waals surface area contributed by atoms with Crippen molar-refractivity contribution in [3.05, 3.63) is 139 Å². The molecule has 0 aromatic heterocycles. The summed E-state index contributed by atoms with van der Waals surface area (Å²) in [7, 11) is 0. The molecule has 4 amide bonds. The fourth-order valence-electron chi connectivity index (χ4n) is 8.76. The normalized spacial score (nSPS) is 26.5. The zero-order valence-corrected chi connectivity index (χ0v) is 29.3. The van der Waals surface area contributed by atoms with Crippen LogP contribution in [0.1, 0.15) is 29.9 Å². The van der Waals surface area contributed by atoms with Gasteiger partial charge in [-0.2, -0.15) is 5.01 Å². The van der Waals surface area contributed by atoms with Crippen molar-refractivity contribution in [1.29, 1.82) is 0 Å². The number of nitro benzene ring substituents is 1. The van der Waals surface area contributed by atoms with Gasteiger partial charge < -0.3 is 5.11 Å². The van der Waals surface area contributed by atoms with E-state index in [1.165, 1.54) is 54.6 Å². The van der Waals surface area contributed by atoms with Gasteiger partial charge in [0.05, 0.1) is 39.5 Å². The summed E-state index contributed by atoms with van der Waals surface area (Å²) < 4.78 is 14.4. The summed E-state index contributed by atoms with van der Waals surface area (Å²) in [5, 5.41) is 24.4. The molecule has 1 saturated carbocycles. The third-order valence-corrected chi connectivity index (χ3v) is 11.6. The third-order valence-electron chi connectivity index (χ3n) is 10.9. The number of hydrazine groups is 1. The zero-order chi connectivity index (χ0) is 36.6. The molecule has 2 saturated heterocycles. The number of nitrogens with one attached hydrogen (secondary N) is 1. The summed E-state index contributed by atoms with van der Waals surface area (Å²) in [6.45, 7) is 0. The van der Waals surface area contributed by atoms with Crippen LogP contribution < -0.4 is 10.3 Å². The molecule has 0 radical (unpaired) electrons. The molecule has 52 heavy (non-hydrogen) atoms. The van der Waals surface area contributed by atoms with E-state index in [1.807, 2.05) is 6.08 Å². The summed E-state index contributed by atoms with van der Waals surface area (Å²) in [5.41, 5.74) is 2.63. The van der Waals surface area contributed by atoms with E-state index >= 15 is 4.79 Å². The molecule has 14 heteroatoms. The van der Waals surface area contributed by atoms with Gasteiger partial charge in [-0.05, 0) is 85.0 Å². The fraction of sp³-hybridized carbons (Fsp3) is 0.211. The maximum atomic E-state index is 15.2. The van der Waals surface area contributed by atoms with E-state index in [4.69, 9.17) is 11.6 Å². The second-order valence-electron chi connectivity index (χ2n) is 13.4. The molecule has 4 aliphatic rings. The minimum absolute atomic E-state index is 0.0190. The second kappa shape index (κ2) is 12.4. The first-order valence-electron chi connectivity index (χ1n) is 16.4. The molecule has 2 aliphatic carbocycles. The van der Waals surface area contributed by atoms with Gasteiger partial charge in [0.25, 0.3) is 17.5 Å².